The molecule has 0 amide bonds. The van der Waals surface area contributed by atoms with E-state index in [1.54, 1.807) is 18.6 Å². The quantitative estimate of drug-likeness (QED) is 0.863. The van der Waals surface area contributed by atoms with Crippen molar-refractivity contribution < 1.29 is 4.74 Å². The third kappa shape index (κ3) is 5.06. The van der Waals surface area contributed by atoms with Crippen LogP contribution in [0.3, 0.4) is 0 Å². The van der Waals surface area contributed by atoms with Crippen LogP contribution in [0, 0.1) is 12.8 Å². The van der Waals surface area contributed by atoms with Gasteiger partial charge in [0.1, 0.15) is 0 Å². The third-order valence-corrected chi connectivity index (χ3v) is 3.25. The van der Waals surface area contributed by atoms with E-state index in [1.807, 2.05) is 13.0 Å². The van der Waals surface area contributed by atoms with Crippen molar-refractivity contribution in [3.63, 3.8) is 0 Å². The van der Waals surface area contributed by atoms with Gasteiger partial charge in [0.05, 0.1) is 6.20 Å². The molecule has 2 heterocycles. The molecule has 5 nitrogen and oxygen atoms in total. The van der Waals surface area contributed by atoms with Gasteiger partial charge >= 0.3 is 6.01 Å². The highest BCUT2D eigenvalue weighted by atomic mass is 79.9. The molecule has 0 atom stereocenters. The maximum Gasteiger partial charge on any atom is 0.322 e. The second-order valence-corrected chi connectivity index (χ2v) is 6.14. The first-order chi connectivity index (χ1) is 10.0. The van der Waals surface area contributed by atoms with Crippen molar-refractivity contribution in [3.05, 3.63) is 40.4 Å². The monoisotopic (exact) mass is 350 g/mol. The summed E-state index contributed by atoms with van der Waals surface area (Å²) in [4.78, 5) is 12.7. The van der Waals surface area contributed by atoms with Crippen LogP contribution >= 0.6 is 15.9 Å². The van der Waals surface area contributed by atoms with Gasteiger partial charge in [-0.1, -0.05) is 13.8 Å². The Kier molecular flexibility index (Phi) is 5.64. The summed E-state index contributed by atoms with van der Waals surface area (Å²) in [5, 5.41) is 3.38. The molecule has 112 valence electrons. The van der Waals surface area contributed by atoms with Gasteiger partial charge in [-0.3, -0.25) is 4.98 Å². The van der Waals surface area contributed by atoms with Crippen LogP contribution in [0.5, 0.6) is 11.8 Å². The fourth-order valence-electron chi connectivity index (χ4n) is 1.74. The topological polar surface area (TPSA) is 59.9 Å². The van der Waals surface area contributed by atoms with Crippen molar-refractivity contribution in [2.75, 3.05) is 6.54 Å². The lowest BCUT2D eigenvalue weighted by Gasteiger charge is -2.10. The molecule has 6 heteroatoms. The van der Waals surface area contributed by atoms with Gasteiger partial charge in [0.25, 0.3) is 0 Å². The van der Waals surface area contributed by atoms with E-state index in [9.17, 15) is 0 Å². The van der Waals surface area contributed by atoms with Crippen molar-refractivity contribution in [3.8, 4) is 11.8 Å². The Labute approximate surface area is 133 Å². The maximum atomic E-state index is 5.60. The number of pyridine rings is 1. The number of nitrogens with zero attached hydrogens (tertiary/aromatic N) is 3. The van der Waals surface area contributed by atoms with E-state index >= 15 is 0 Å². The summed E-state index contributed by atoms with van der Waals surface area (Å²) < 4.78 is 6.46. The number of hydrogen-bond acceptors (Lipinski definition) is 5. The van der Waals surface area contributed by atoms with Crippen LogP contribution in [0.15, 0.2) is 29.1 Å². The first-order valence-corrected chi connectivity index (χ1v) is 7.65. The minimum absolute atomic E-state index is 0.333. The zero-order valence-corrected chi connectivity index (χ0v) is 14.0. The molecular formula is C15H19BrN4O. The smallest absolute Gasteiger partial charge is 0.322 e. The van der Waals surface area contributed by atoms with Crippen molar-refractivity contribution in [1.29, 1.82) is 0 Å². The van der Waals surface area contributed by atoms with Crippen LogP contribution < -0.4 is 10.1 Å². The lowest BCUT2D eigenvalue weighted by Crippen LogP contribution is -2.20. The van der Waals surface area contributed by atoms with Gasteiger partial charge in [0, 0.05) is 34.7 Å². The lowest BCUT2D eigenvalue weighted by molar-refractivity contribution is 0.436. The Morgan fingerprint density at radius 2 is 2.10 bits per heavy atom. The Bertz CT molecular complexity index is 604. The highest BCUT2D eigenvalue weighted by molar-refractivity contribution is 9.10. The fourth-order valence-corrected chi connectivity index (χ4v) is 2.09. The zero-order chi connectivity index (χ0) is 15.2. The van der Waals surface area contributed by atoms with Crippen LogP contribution in [-0.4, -0.2) is 21.5 Å². The standard InChI is InChI=1S/C15H19BrN4O/c1-10(2)5-17-6-12-7-19-15(20-11(12)3)21-14-4-13(16)8-18-9-14/h4,7-10,17H,5-6H2,1-3H3. The molecule has 0 unspecified atom stereocenters. The Morgan fingerprint density at radius 3 is 2.76 bits per heavy atom. The van der Waals surface area contributed by atoms with E-state index < -0.39 is 0 Å². The van der Waals surface area contributed by atoms with Gasteiger partial charge in [-0.25, -0.2) is 4.98 Å². The molecule has 0 aliphatic rings. The van der Waals surface area contributed by atoms with Gasteiger partial charge in [-0.15, -0.1) is 0 Å². The summed E-state index contributed by atoms with van der Waals surface area (Å²) in [6.07, 6.45) is 5.13. The van der Waals surface area contributed by atoms with E-state index in [0.717, 1.165) is 28.8 Å². The molecule has 0 radical (unpaired) electrons. The number of aryl methyl sites for hydroxylation is 1. The van der Waals surface area contributed by atoms with Gasteiger partial charge in [0.15, 0.2) is 5.75 Å². The first-order valence-electron chi connectivity index (χ1n) is 6.86. The summed E-state index contributed by atoms with van der Waals surface area (Å²) >= 11 is 3.35. The van der Waals surface area contributed by atoms with E-state index in [1.165, 1.54) is 0 Å². The molecule has 0 aliphatic carbocycles. The number of halogens is 1. The summed E-state index contributed by atoms with van der Waals surface area (Å²) in [6.45, 7) is 8.06. The normalized spacial score (nSPS) is 10.9. The number of ether oxygens (including phenoxy) is 1. The fraction of sp³-hybridized carbons (Fsp3) is 0.400. The highest BCUT2D eigenvalue weighted by Gasteiger charge is 2.06. The molecule has 0 bridgehead atoms. The molecule has 0 saturated carbocycles. The van der Waals surface area contributed by atoms with Crippen molar-refractivity contribution in [1.82, 2.24) is 20.3 Å². The molecule has 0 spiro atoms. The van der Waals surface area contributed by atoms with E-state index in [2.05, 4.69) is 50.0 Å². The van der Waals surface area contributed by atoms with Gasteiger partial charge < -0.3 is 10.1 Å². The van der Waals surface area contributed by atoms with Crippen LogP contribution in [0.2, 0.25) is 0 Å². The van der Waals surface area contributed by atoms with Gasteiger partial charge in [-0.05, 0) is 41.4 Å². The Balaban J connectivity index is 2.01. The molecule has 0 aromatic carbocycles. The molecular weight excluding hydrogens is 332 g/mol. The second-order valence-electron chi connectivity index (χ2n) is 5.23. The van der Waals surface area contributed by atoms with Crippen LogP contribution in [0.1, 0.15) is 25.1 Å². The molecule has 1 N–H and O–H groups in total. The van der Waals surface area contributed by atoms with Crippen molar-refractivity contribution in [2.45, 2.75) is 27.3 Å². The molecule has 21 heavy (non-hydrogen) atoms. The summed E-state index contributed by atoms with van der Waals surface area (Å²) in [5.74, 6) is 1.23. The Hall–Kier alpha value is -1.53. The maximum absolute atomic E-state index is 5.60. The minimum Gasteiger partial charge on any atom is -0.423 e. The van der Waals surface area contributed by atoms with Crippen LogP contribution in [0.4, 0.5) is 0 Å². The first kappa shape index (κ1) is 15.9. The second kappa shape index (κ2) is 7.47. The Morgan fingerprint density at radius 1 is 1.29 bits per heavy atom. The molecule has 0 aliphatic heterocycles. The number of aromatic nitrogens is 3. The predicted octanol–water partition coefficient (Wildman–Crippen LogP) is 3.48. The number of hydrogen-bond donors (Lipinski definition) is 1. The summed E-state index contributed by atoms with van der Waals surface area (Å²) in [6, 6.07) is 2.16. The summed E-state index contributed by atoms with van der Waals surface area (Å²) in [5.41, 5.74) is 1.99. The average Bonchev–Trinajstić information content (AvgIpc) is 2.41. The molecule has 2 aromatic heterocycles. The van der Waals surface area contributed by atoms with Crippen molar-refractivity contribution in [2.24, 2.45) is 5.92 Å². The van der Waals surface area contributed by atoms with E-state index in [4.69, 9.17) is 4.74 Å². The third-order valence-electron chi connectivity index (χ3n) is 2.82. The summed E-state index contributed by atoms with van der Waals surface area (Å²) in [7, 11) is 0. The van der Waals surface area contributed by atoms with Gasteiger partial charge in [-0.2, -0.15) is 4.98 Å². The lowest BCUT2D eigenvalue weighted by atomic mass is 10.2. The zero-order valence-electron chi connectivity index (χ0n) is 12.4. The van der Waals surface area contributed by atoms with E-state index in [-0.39, 0.29) is 0 Å². The SMILES string of the molecule is Cc1nc(Oc2cncc(Br)c2)ncc1CNCC(C)C. The van der Waals surface area contributed by atoms with Gasteiger partial charge in [0.2, 0.25) is 0 Å². The van der Waals surface area contributed by atoms with Crippen molar-refractivity contribution >= 4 is 15.9 Å². The van der Waals surface area contributed by atoms with Crippen LogP contribution in [0.25, 0.3) is 0 Å². The minimum atomic E-state index is 0.333. The number of rotatable bonds is 6. The molecule has 2 rings (SSSR count). The van der Waals surface area contributed by atoms with Crippen LogP contribution in [-0.2, 0) is 6.54 Å². The van der Waals surface area contributed by atoms with E-state index in [0.29, 0.717) is 17.7 Å². The largest absolute Gasteiger partial charge is 0.423 e. The molecule has 2 aromatic rings. The highest BCUT2D eigenvalue weighted by Crippen LogP contribution is 2.21. The average molecular weight is 351 g/mol. The predicted molar refractivity (Wildman–Crippen MR) is 85.3 cm³/mol. The molecule has 0 saturated heterocycles. The number of nitrogens with one attached hydrogen (secondary N) is 1. The molecule has 0 fully saturated rings.